The molecule has 1 aliphatic rings. The molecule has 0 spiro atoms. The molecule has 0 saturated carbocycles. The quantitative estimate of drug-likeness (QED) is 0.302. The summed E-state index contributed by atoms with van der Waals surface area (Å²) in [5, 5.41) is 13.3. The van der Waals surface area contributed by atoms with Crippen molar-refractivity contribution in [1.82, 2.24) is 10.2 Å². The molecule has 6 nitrogen and oxygen atoms in total. The van der Waals surface area contributed by atoms with Crippen LogP contribution in [0.4, 0.5) is 5.69 Å². The fraction of sp³-hybridized carbons (Fsp3) is 0.588. The molecule has 0 aromatic heterocycles. The zero-order chi connectivity index (χ0) is 16.5. The summed E-state index contributed by atoms with van der Waals surface area (Å²) in [6, 6.07) is 7.52. The van der Waals surface area contributed by atoms with E-state index in [1.807, 2.05) is 18.2 Å². The number of guanidine groups is 1. The smallest absolute Gasteiger partial charge is 0.194 e. The van der Waals surface area contributed by atoms with E-state index in [1.54, 1.807) is 13.2 Å². The van der Waals surface area contributed by atoms with E-state index in [4.69, 9.17) is 4.74 Å². The first-order valence-electron chi connectivity index (χ1n) is 8.31. The topological polar surface area (TPSA) is 60.3 Å². The molecule has 1 aromatic carbocycles. The van der Waals surface area contributed by atoms with E-state index in [2.05, 4.69) is 27.0 Å². The number of aromatic hydroxyl groups is 1. The Labute approximate surface area is 161 Å². The third kappa shape index (κ3) is 6.01. The van der Waals surface area contributed by atoms with Crippen molar-refractivity contribution in [2.75, 3.05) is 57.9 Å². The molecule has 1 saturated heterocycles. The van der Waals surface area contributed by atoms with Gasteiger partial charge in [0.25, 0.3) is 0 Å². The van der Waals surface area contributed by atoms with Crippen LogP contribution < -0.4 is 10.2 Å². The summed E-state index contributed by atoms with van der Waals surface area (Å²) in [6.07, 6.45) is 0.934. The number of nitrogens with one attached hydrogen (secondary N) is 1. The molecule has 136 valence electrons. The normalized spacial score (nSPS) is 15.2. The van der Waals surface area contributed by atoms with Crippen LogP contribution in [-0.4, -0.2) is 69.0 Å². The lowest BCUT2D eigenvalue weighted by molar-refractivity contribution is 0.197. The Hall–Kier alpha value is -1.22. The summed E-state index contributed by atoms with van der Waals surface area (Å²) >= 11 is 0. The lowest BCUT2D eigenvalue weighted by atomic mass is 10.2. The zero-order valence-electron chi connectivity index (χ0n) is 14.6. The SMILES string of the molecule is CCNC(=NCCCOC)N1CCN(c2ccccc2O)CC1.I. The Balaban J connectivity index is 0.00000288. The average molecular weight is 448 g/mol. The number of hydrogen-bond donors (Lipinski definition) is 2. The molecule has 0 amide bonds. The van der Waals surface area contributed by atoms with Gasteiger partial charge in [-0.05, 0) is 25.5 Å². The van der Waals surface area contributed by atoms with Crippen LogP contribution in [0.2, 0.25) is 0 Å². The molecule has 1 heterocycles. The lowest BCUT2D eigenvalue weighted by Crippen LogP contribution is -2.52. The van der Waals surface area contributed by atoms with Crippen molar-refractivity contribution in [3.63, 3.8) is 0 Å². The monoisotopic (exact) mass is 448 g/mol. The lowest BCUT2D eigenvalue weighted by Gasteiger charge is -2.37. The number of piperazine rings is 1. The van der Waals surface area contributed by atoms with Gasteiger partial charge in [0.1, 0.15) is 5.75 Å². The Morgan fingerprint density at radius 2 is 1.96 bits per heavy atom. The van der Waals surface area contributed by atoms with E-state index in [9.17, 15) is 5.11 Å². The fourth-order valence-electron chi connectivity index (χ4n) is 2.71. The van der Waals surface area contributed by atoms with E-state index in [1.165, 1.54) is 0 Å². The predicted molar refractivity (Wildman–Crippen MR) is 110 cm³/mol. The second-order valence-corrected chi connectivity index (χ2v) is 5.54. The molecule has 7 heteroatoms. The van der Waals surface area contributed by atoms with Crippen molar-refractivity contribution in [2.45, 2.75) is 13.3 Å². The maximum absolute atomic E-state index is 9.99. The van der Waals surface area contributed by atoms with Crippen molar-refractivity contribution in [1.29, 1.82) is 0 Å². The van der Waals surface area contributed by atoms with E-state index in [0.717, 1.165) is 63.9 Å². The Kier molecular flexibility index (Phi) is 9.85. The number of methoxy groups -OCH3 is 1. The van der Waals surface area contributed by atoms with Crippen LogP contribution >= 0.6 is 24.0 Å². The summed E-state index contributed by atoms with van der Waals surface area (Å²) < 4.78 is 5.07. The van der Waals surface area contributed by atoms with Crippen LogP contribution in [0.25, 0.3) is 0 Å². The largest absolute Gasteiger partial charge is 0.506 e. The van der Waals surface area contributed by atoms with E-state index >= 15 is 0 Å². The van der Waals surface area contributed by atoms with Crippen molar-refractivity contribution >= 4 is 35.6 Å². The molecule has 0 unspecified atom stereocenters. The molecule has 0 aliphatic carbocycles. The second-order valence-electron chi connectivity index (χ2n) is 5.54. The first-order chi connectivity index (χ1) is 11.3. The third-order valence-electron chi connectivity index (χ3n) is 3.90. The van der Waals surface area contributed by atoms with Gasteiger partial charge in [-0.1, -0.05) is 12.1 Å². The number of rotatable bonds is 6. The van der Waals surface area contributed by atoms with E-state index in [-0.39, 0.29) is 24.0 Å². The minimum Gasteiger partial charge on any atom is -0.506 e. The van der Waals surface area contributed by atoms with Crippen molar-refractivity contribution < 1.29 is 9.84 Å². The van der Waals surface area contributed by atoms with Crippen LogP contribution in [0.5, 0.6) is 5.75 Å². The molecule has 1 aromatic rings. The standard InChI is InChI=1S/C17H28N4O2.HI/c1-3-18-17(19-9-6-14-23-2)21-12-10-20(11-13-21)15-7-4-5-8-16(15)22;/h4-5,7-8,22H,3,6,9-14H2,1-2H3,(H,18,19);1H. The molecule has 1 fully saturated rings. The van der Waals surface area contributed by atoms with Crippen molar-refractivity contribution in [2.24, 2.45) is 4.99 Å². The molecule has 0 radical (unpaired) electrons. The molecule has 2 rings (SSSR count). The number of anilines is 1. The van der Waals surface area contributed by atoms with Gasteiger partial charge in [-0.15, -0.1) is 24.0 Å². The molecule has 1 aliphatic heterocycles. The number of aliphatic imine (C=N–C) groups is 1. The molecular weight excluding hydrogens is 419 g/mol. The molecule has 0 atom stereocenters. The number of ether oxygens (including phenoxy) is 1. The summed E-state index contributed by atoms with van der Waals surface area (Å²) in [5.74, 6) is 1.32. The highest BCUT2D eigenvalue weighted by Crippen LogP contribution is 2.27. The molecule has 24 heavy (non-hydrogen) atoms. The van der Waals surface area contributed by atoms with Crippen LogP contribution in [0.3, 0.4) is 0 Å². The number of hydrogen-bond acceptors (Lipinski definition) is 4. The summed E-state index contributed by atoms with van der Waals surface area (Å²) in [4.78, 5) is 9.18. The minimum absolute atomic E-state index is 0. The highest BCUT2D eigenvalue weighted by Gasteiger charge is 2.21. The Bertz CT molecular complexity index is 505. The van der Waals surface area contributed by atoms with Gasteiger partial charge < -0.3 is 25.0 Å². The second kappa shape index (κ2) is 11.4. The summed E-state index contributed by atoms with van der Waals surface area (Å²) in [5.41, 5.74) is 0.911. The van der Waals surface area contributed by atoms with Crippen LogP contribution in [0.15, 0.2) is 29.3 Å². The number of phenolic OH excluding ortho intramolecular Hbond substituents is 1. The van der Waals surface area contributed by atoms with Crippen molar-refractivity contribution in [3.8, 4) is 5.75 Å². The molecule has 0 bridgehead atoms. The number of phenols is 1. The first kappa shape index (κ1) is 20.8. The molecule has 2 N–H and O–H groups in total. The van der Waals surface area contributed by atoms with Crippen LogP contribution in [-0.2, 0) is 4.74 Å². The highest BCUT2D eigenvalue weighted by atomic mass is 127. The van der Waals surface area contributed by atoms with Gasteiger partial charge >= 0.3 is 0 Å². The fourth-order valence-corrected chi connectivity index (χ4v) is 2.71. The number of nitrogens with zero attached hydrogens (tertiary/aromatic N) is 3. The maximum atomic E-state index is 9.99. The minimum atomic E-state index is 0. The van der Waals surface area contributed by atoms with Gasteiger partial charge in [-0.3, -0.25) is 4.99 Å². The summed E-state index contributed by atoms with van der Waals surface area (Å²) in [6.45, 7) is 8.00. The summed E-state index contributed by atoms with van der Waals surface area (Å²) in [7, 11) is 1.72. The first-order valence-corrected chi connectivity index (χ1v) is 8.31. The highest BCUT2D eigenvalue weighted by molar-refractivity contribution is 14.0. The number of para-hydroxylation sites is 2. The van der Waals surface area contributed by atoms with Gasteiger partial charge in [-0.25, -0.2) is 0 Å². The Morgan fingerprint density at radius 3 is 2.58 bits per heavy atom. The van der Waals surface area contributed by atoms with Gasteiger partial charge in [-0.2, -0.15) is 0 Å². The van der Waals surface area contributed by atoms with Gasteiger partial charge in [0.05, 0.1) is 5.69 Å². The maximum Gasteiger partial charge on any atom is 0.194 e. The van der Waals surface area contributed by atoms with Gasteiger partial charge in [0.15, 0.2) is 5.96 Å². The van der Waals surface area contributed by atoms with E-state index < -0.39 is 0 Å². The van der Waals surface area contributed by atoms with Crippen LogP contribution in [0.1, 0.15) is 13.3 Å². The van der Waals surface area contributed by atoms with Gasteiger partial charge in [0.2, 0.25) is 0 Å². The third-order valence-corrected chi connectivity index (χ3v) is 3.90. The Morgan fingerprint density at radius 1 is 1.25 bits per heavy atom. The van der Waals surface area contributed by atoms with Crippen LogP contribution in [0, 0.1) is 0 Å². The number of halogens is 1. The van der Waals surface area contributed by atoms with Crippen molar-refractivity contribution in [3.05, 3.63) is 24.3 Å². The predicted octanol–water partition coefficient (Wildman–Crippen LogP) is 2.13. The average Bonchev–Trinajstić information content (AvgIpc) is 2.58. The van der Waals surface area contributed by atoms with Gasteiger partial charge in [0, 0.05) is 53.0 Å². The zero-order valence-corrected chi connectivity index (χ0v) is 16.9. The molecular formula is C17H29IN4O2. The van der Waals surface area contributed by atoms with E-state index in [0.29, 0.717) is 5.75 Å². The number of benzene rings is 1.